The number of carbonyl (C=O) groups is 1. The van der Waals surface area contributed by atoms with Crippen molar-refractivity contribution in [3.63, 3.8) is 0 Å². The standard InChI is InChI=1S/C28H34N2O11/c1-6-14-37-30-27(34)40-23-21(32)26(41-28(24(23)35-4)12-8-7-9-13-28)38-18-11-10-17-20(31)19(16(3)29-36-5)25(33)39-22(17)15(18)2/h1,10-11,21,23-24,26,31-32H,7-9,12-14H2,2-5H3,(H,30,34)/b29-16+/t21-,23+,24-,26-/m1/s1. The van der Waals surface area contributed by atoms with E-state index in [0.29, 0.717) is 18.4 Å². The van der Waals surface area contributed by atoms with Crippen LogP contribution in [0.4, 0.5) is 4.79 Å². The topological polar surface area (TPSA) is 168 Å². The zero-order chi connectivity index (χ0) is 29.7. The number of rotatable bonds is 8. The normalized spacial score (nSPS) is 24.0. The minimum atomic E-state index is -1.49. The molecule has 2 aliphatic rings. The number of ether oxygens (including phenoxy) is 4. The number of hydrogen-bond donors (Lipinski definition) is 3. The van der Waals surface area contributed by atoms with Crippen molar-refractivity contribution in [2.75, 3.05) is 20.8 Å². The van der Waals surface area contributed by atoms with Crippen LogP contribution in [0.2, 0.25) is 0 Å². The van der Waals surface area contributed by atoms with E-state index >= 15 is 0 Å². The first-order valence-electron chi connectivity index (χ1n) is 13.1. The van der Waals surface area contributed by atoms with Crippen molar-refractivity contribution in [2.24, 2.45) is 5.16 Å². The lowest BCUT2D eigenvalue weighted by molar-refractivity contribution is -0.322. The number of nitrogens with zero attached hydrogens (tertiary/aromatic N) is 1. The molecule has 2 heterocycles. The molecule has 4 atom stereocenters. The van der Waals surface area contributed by atoms with Crippen LogP contribution in [0.15, 0.2) is 26.5 Å². The van der Waals surface area contributed by atoms with Gasteiger partial charge < -0.3 is 38.4 Å². The number of aryl methyl sites for hydroxylation is 1. The van der Waals surface area contributed by atoms with E-state index in [0.717, 1.165) is 19.3 Å². The van der Waals surface area contributed by atoms with Gasteiger partial charge in [0.15, 0.2) is 12.2 Å². The summed E-state index contributed by atoms with van der Waals surface area (Å²) in [6, 6.07) is 3.06. The Balaban J connectivity index is 1.69. The predicted octanol–water partition coefficient (Wildman–Crippen LogP) is 2.65. The maximum atomic E-state index is 12.7. The molecule has 4 rings (SSSR count). The van der Waals surface area contributed by atoms with Gasteiger partial charge in [-0.2, -0.15) is 5.48 Å². The number of nitrogens with one attached hydrogen (secondary N) is 1. The zero-order valence-corrected chi connectivity index (χ0v) is 23.3. The Morgan fingerprint density at radius 3 is 2.66 bits per heavy atom. The Labute approximate surface area is 236 Å². The molecule has 1 spiro atoms. The third kappa shape index (κ3) is 5.96. The summed E-state index contributed by atoms with van der Waals surface area (Å²) >= 11 is 0. The van der Waals surface area contributed by atoms with Crippen LogP contribution in [0.1, 0.15) is 50.2 Å². The van der Waals surface area contributed by atoms with E-state index in [1.807, 2.05) is 0 Å². The summed E-state index contributed by atoms with van der Waals surface area (Å²) in [6.07, 6.45) is 3.20. The number of amides is 1. The van der Waals surface area contributed by atoms with Gasteiger partial charge in [0.1, 0.15) is 48.1 Å². The number of terminal acetylenes is 1. The summed E-state index contributed by atoms with van der Waals surface area (Å²) in [6.45, 7) is 2.95. The van der Waals surface area contributed by atoms with E-state index in [4.69, 9.17) is 39.5 Å². The quantitative estimate of drug-likeness (QED) is 0.139. The SMILES string of the molecule is C#CCONC(=O)O[C@H]1[C@@H](O)[C@H](Oc2ccc3c(O)c(/C(C)=N/OC)c(=O)oc3c2C)OC2(CCCCC2)[C@@H]1OC. The van der Waals surface area contributed by atoms with Gasteiger partial charge in [0.2, 0.25) is 6.29 Å². The number of hydroxylamine groups is 1. The van der Waals surface area contributed by atoms with Crippen molar-refractivity contribution in [3.05, 3.63) is 33.7 Å². The second kappa shape index (κ2) is 12.8. The largest absolute Gasteiger partial charge is 0.506 e. The number of aromatic hydroxyl groups is 1. The van der Waals surface area contributed by atoms with Gasteiger partial charge in [0.05, 0.1) is 11.1 Å². The van der Waals surface area contributed by atoms with Gasteiger partial charge in [-0.15, -0.1) is 6.42 Å². The fourth-order valence-corrected chi connectivity index (χ4v) is 5.53. The minimum absolute atomic E-state index is 0.0734. The van der Waals surface area contributed by atoms with Gasteiger partial charge in [-0.1, -0.05) is 30.3 Å². The van der Waals surface area contributed by atoms with Crippen molar-refractivity contribution in [1.82, 2.24) is 5.48 Å². The van der Waals surface area contributed by atoms with Crippen LogP contribution >= 0.6 is 0 Å². The number of hydrogen-bond acceptors (Lipinski definition) is 12. The highest BCUT2D eigenvalue weighted by atomic mass is 16.7. The van der Waals surface area contributed by atoms with Gasteiger partial charge in [-0.05, 0) is 38.8 Å². The Hall–Kier alpha value is -3.83. The third-order valence-corrected chi connectivity index (χ3v) is 7.37. The number of carbonyl (C=O) groups excluding carboxylic acids is 1. The van der Waals surface area contributed by atoms with E-state index in [1.54, 1.807) is 13.0 Å². The first-order chi connectivity index (χ1) is 19.7. The molecule has 1 aliphatic carbocycles. The highest BCUT2D eigenvalue weighted by molar-refractivity contribution is 6.04. The maximum absolute atomic E-state index is 12.7. The summed E-state index contributed by atoms with van der Waals surface area (Å²) in [5.41, 5.74) is 0.791. The van der Waals surface area contributed by atoms with E-state index in [9.17, 15) is 19.8 Å². The number of aliphatic hydroxyl groups is 1. The molecule has 1 saturated carbocycles. The Morgan fingerprint density at radius 2 is 2.00 bits per heavy atom. The molecule has 41 heavy (non-hydrogen) atoms. The summed E-state index contributed by atoms with van der Waals surface area (Å²) in [4.78, 5) is 34.7. The fraction of sp³-hybridized carbons (Fsp3) is 0.536. The molecule has 13 nitrogen and oxygen atoms in total. The van der Waals surface area contributed by atoms with Crippen LogP contribution in [0, 0.1) is 19.3 Å². The first kappa shape index (κ1) is 30.1. The number of fused-ring (bicyclic) bond motifs is 1. The number of benzene rings is 1. The van der Waals surface area contributed by atoms with Crippen molar-refractivity contribution in [1.29, 1.82) is 0 Å². The van der Waals surface area contributed by atoms with Crippen molar-refractivity contribution >= 4 is 22.8 Å². The molecular formula is C28H34N2O11. The molecule has 0 unspecified atom stereocenters. The summed E-state index contributed by atoms with van der Waals surface area (Å²) in [7, 11) is 2.77. The second-order valence-electron chi connectivity index (χ2n) is 9.88. The lowest BCUT2D eigenvalue weighted by atomic mass is 9.75. The Kier molecular flexibility index (Phi) is 9.39. The smallest absolute Gasteiger partial charge is 0.431 e. The number of methoxy groups -OCH3 is 1. The molecule has 1 aliphatic heterocycles. The highest BCUT2D eigenvalue weighted by Gasteiger charge is 2.57. The average molecular weight is 575 g/mol. The first-order valence-corrected chi connectivity index (χ1v) is 13.1. The average Bonchev–Trinajstić information content (AvgIpc) is 2.94. The molecule has 1 amide bonds. The summed E-state index contributed by atoms with van der Waals surface area (Å²) in [5, 5.41) is 26.1. The molecule has 1 saturated heterocycles. The molecule has 0 bridgehead atoms. The molecule has 222 valence electrons. The van der Waals surface area contributed by atoms with Crippen LogP contribution in [0.3, 0.4) is 0 Å². The van der Waals surface area contributed by atoms with Crippen LogP contribution in [0.5, 0.6) is 11.5 Å². The molecule has 13 heteroatoms. The van der Waals surface area contributed by atoms with Gasteiger partial charge in [-0.25, -0.2) is 9.59 Å². The zero-order valence-electron chi connectivity index (χ0n) is 23.3. The fourth-order valence-electron chi connectivity index (χ4n) is 5.53. The number of oxime groups is 1. The molecule has 3 N–H and O–H groups in total. The third-order valence-electron chi connectivity index (χ3n) is 7.37. The molecular weight excluding hydrogens is 540 g/mol. The van der Waals surface area contributed by atoms with Gasteiger partial charge in [0, 0.05) is 12.7 Å². The van der Waals surface area contributed by atoms with Crippen molar-refractivity contribution in [2.45, 2.75) is 76.2 Å². The molecule has 1 aromatic carbocycles. The summed E-state index contributed by atoms with van der Waals surface area (Å²) < 4.78 is 29.4. The monoisotopic (exact) mass is 574 g/mol. The second-order valence-corrected chi connectivity index (χ2v) is 9.88. The van der Waals surface area contributed by atoms with Gasteiger partial charge in [-0.3, -0.25) is 4.84 Å². The molecule has 0 radical (unpaired) electrons. The Bertz CT molecular complexity index is 1390. The van der Waals surface area contributed by atoms with Crippen molar-refractivity contribution < 1.29 is 48.0 Å². The van der Waals surface area contributed by atoms with E-state index in [1.165, 1.54) is 27.2 Å². The Morgan fingerprint density at radius 1 is 1.27 bits per heavy atom. The van der Waals surface area contributed by atoms with E-state index in [-0.39, 0.29) is 40.4 Å². The highest BCUT2D eigenvalue weighted by Crippen LogP contribution is 2.44. The van der Waals surface area contributed by atoms with Crippen LogP contribution in [0.25, 0.3) is 11.0 Å². The van der Waals surface area contributed by atoms with Gasteiger partial charge >= 0.3 is 11.7 Å². The molecule has 2 fully saturated rings. The maximum Gasteiger partial charge on any atom is 0.431 e. The van der Waals surface area contributed by atoms with E-state index < -0.39 is 41.9 Å². The molecule has 2 aromatic rings. The van der Waals surface area contributed by atoms with E-state index in [2.05, 4.69) is 16.6 Å². The molecule has 1 aromatic heterocycles. The van der Waals surface area contributed by atoms with Crippen LogP contribution < -0.4 is 15.8 Å². The van der Waals surface area contributed by atoms with Crippen LogP contribution in [-0.2, 0) is 23.9 Å². The van der Waals surface area contributed by atoms with Crippen molar-refractivity contribution in [3.8, 4) is 23.8 Å². The van der Waals surface area contributed by atoms with Gasteiger partial charge in [0.25, 0.3) is 0 Å². The summed E-state index contributed by atoms with van der Waals surface area (Å²) in [5.74, 6) is 2.10. The van der Waals surface area contributed by atoms with Crippen LogP contribution in [-0.4, -0.2) is 73.0 Å². The lowest BCUT2D eigenvalue weighted by Gasteiger charge is -2.52. The minimum Gasteiger partial charge on any atom is -0.506 e. The predicted molar refractivity (Wildman–Crippen MR) is 144 cm³/mol. The number of aliphatic hydroxyl groups excluding tert-OH is 1. The lowest BCUT2D eigenvalue weighted by Crippen LogP contribution is -2.67.